The molecule has 0 aliphatic carbocycles. The predicted octanol–water partition coefficient (Wildman–Crippen LogP) is 2.57. The van der Waals surface area contributed by atoms with E-state index < -0.39 is 0 Å². The molecule has 0 bridgehead atoms. The minimum absolute atomic E-state index is 0.107. The van der Waals surface area contributed by atoms with Crippen molar-refractivity contribution < 1.29 is 9.84 Å². The summed E-state index contributed by atoms with van der Waals surface area (Å²) in [7, 11) is 1.60. The number of nitrogens with zero attached hydrogens (tertiary/aromatic N) is 3. The first-order valence-corrected chi connectivity index (χ1v) is 5.45. The highest BCUT2D eigenvalue weighted by Gasteiger charge is 2.09. The van der Waals surface area contributed by atoms with Crippen molar-refractivity contribution in [1.29, 1.82) is 0 Å². The standard InChI is InChI=1S/C13H10N3O2/c1-18-9-6-7-10-11(8-9)15-16(14-10)12-4-2-3-5-13(12)17/h2-8H,1H3. The highest BCUT2D eigenvalue weighted by molar-refractivity contribution is 5.75. The first-order valence-electron chi connectivity index (χ1n) is 5.45. The summed E-state index contributed by atoms with van der Waals surface area (Å²) in [4.78, 5) is 1.35. The van der Waals surface area contributed by atoms with Crippen LogP contribution in [-0.4, -0.2) is 22.1 Å². The van der Waals surface area contributed by atoms with Gasteiger partial charge >= 0.3 is 0 Å². The average molecular weight is 240 g/mol. The van der Waals surface area contributed by atoms with Gasteiger partial charge in [-0.15, -0.1) is 15.0 Å². The summed E-state index contributed by atoms with van der Waals surface area (Å²) in [6.07, 6.45) is 0. The predicted molar refractivity (Wildman–Crippen MR) is 65.5 cm³/mol. The lowest BCUT2D eigenvalue weighted by molar-refractivity contribution is 0.351. The van der Waals surface area contributed by atoms with Gasteiger partial charge in [0.2, 0.25) is 5.75 Å². The van der Waals surface area contributed by atoms with Crippen molar-refractivity contribution in [2.24, 2.45) is 0 Å². The number of rotatable bonds is 2. The van der Waals surface area contributed by atoms with Gasteiger partial charge in [0.15, 0.2) is 0 Å². The van der Waals surface area contributed by atoms with Gasteiger partial charge in [0, 0.05) is 6.07 Å². The van der Waals surface area contributed by atoms with E-state index >= 15 is 0 Å². The van der Waals surface area contributed by atoms with Gasteiger partial charge in [-0.25, -0.2) is 0 Å². The topological polar surface area (TPSA) is 59.8 Å². The molecule has 0 spiro atoms. The van der Waals surface area contributed by atoms with E-state index in [2.05, 4.69) is 10.2 Å². The van der Waals surface area contributed by atoms with Crippen LogP contribution in [0.5, 0.6) is 11.5 Å². The van der Waals surface area contributed by atoms with Crippen LogP contribution in [0.2, 0.25) is 0 Å². The molecule has 0 atom stereocenters. The summed E-state index contributed by atoms with van der Waals surface area (Å²) >= 11 is 0. The number of ether oxygens (including phenoxy) is 1. The average Bonchev–Trinajstić information content (AvgIpc) is 2.81. The number of hydrogen-bond donors (Lipinski definition) is 0. The highest BCUT2D eigenvalue weighted by Crippen LogP contribution is 2.23. The number of para-hydroxylation sites is 2. The lowest BCUT2D eigenvalue weighted by Gasteiger charge is -1.98. The van der Waals surface area contributed by atoms with Crippen LogP contribution >= 0.6 is 0 Å². The van der Waals surface area contributed by atoms with Crippen LogP contribution in [0.3, 0.4) is 0 Å². The molecule has 0 unspecified atom stereocenters. The van der Waals surface area contributed by atoms with Crippen LogP contribution in [0.4, 0.5) is 0 Å². The molecule has 0 saturated carbocycles. The third kappa shape index (κ3) is 1.66. The maximum atomic E-state index is 11.7. The van der Waals surface area contributed by atoms with E-state index in [0.29, 0.717) is 17.0 Å². The summed E-state index contributed by atoms with van der Waals surface area (Å²) < 4.78 is 5.12. The Hall–Kier alpha value is -2.56. The van der Waals surface area contributed by atoms with Crippen molar-refractivity contribution in [3.8, 4) is 17.2 Å². The first kappa shape index (κ1) is 10.6. The fourth-order valence-electron chi connectivity index (χ4n) is 1.75. The van der Waals surface area contributed by atoms with Crippen molar-refractivity contribution in [2.75, 3.05) is 7.11 Å². The molecular weight excluding hydrogens is 230 g/mol. The third-order valence-electron chi connectivity index (χ3n) is 2.67. The van der Waals surface area contributed by atoms with E-state index in [1.54, 1.807) is 31.4 Å². The van der Waals surface area contributed by atoms with Crippen molar-refractivity contribution >= 4 is 11.0 Å². The normalized spacial score (nSPS) is 10.7. The van der Waals surface area contributed by atoms with Gasteiger partial charge in [0.1, 0.15) is 22.5 Å². The number of benzene rings is 2. The van der Waals surface area contributed by atoms with Gasteiger partial charge in [0.25, 0.3) is 0 Å². The molecule has 1 aromatic heterocycles. The van der Waals surface area contributed by atoms with Gasteiger partial charge in [-0.1, -0.05) is 12.1 Å². The van der Waals surface area contributed by atoms with Crippen molar-refractivity contribution in [2.45, 2.75) is 0 Å². The molecule has 3 rings (SSSR count). The zero-order valence-electron chi connectivity index (χ0n) is 9.70. The van der Waals surface area contributed by atoms with E-state index in [4.69, 9.17) is 4.74 Å². The van der Waals surface area contributed by atoms with Gasteiger partial charge in [-0.2, -0.15) is 0 Å². The molecule has 0 fully saturated rings. The van der Waals surface area contributed by atoms with Crippen LogP contribution in [0.1, 0.15) is 0 Å². The fourth-order valence-corrected chi connectivity index (χ4v) is 1.75. The largest absolute Gasteiger partial charge is 0.497 e. The SMILES string of the molecule is COc1ccc2nn(-c3ccccc3[O])nc2c1. The van der Waals surface area contributed by atoms with E-state index in [0.717, 1.165) is 5.52 Å². The molecule has 5 heteroatoms. The van der Waals surface area contributed by atoms with Gasteiger partial charge in [-0.05, 0) is 24.3 Å². The number of fused-ring (bicyclic) bond motifs is 1. The first-order chi connectivity index (χ1) is 8.78. The van der Waals surface area contributed by atoms with Crippen molar-refractivity contribution in [3.63, 3.8) is 0 Å². The van der Waals surface area contributed by atoms with Crippen LogP contribution in [0, 0.1) is 0 Å². The second-order valence-electron chi connectivity index (χ2n) is 3.81. The number of hydrogen-bond acceptors (Lipinski definition) is 3. The Kier molecular flexibility index (Phi) is 2.37. The molecule has 89 valence electrons. The zero-order valence-corrected chi connectivity index (χ0v) is 9.70. The summed E-state index contributed by atoms with van der Waals surface area (Å²) in [5.74, 6) is 0.606. The van der Waals surface area contributed by atoms with Crippen molar-refractivity contribution in [1.82, 2.24) is 15.0 Å². The highest BCUT2D eigenvalue weighted by atomic mass is 16.5. The van der Waals surface area contributed by atoms with Crippen molar-refractivity contribution in [3.05, 3.63) is 42.5 Å². The van der Waals surface area contributed by atoms with E-state index in [-0.39, 0.29) is 5.75 Å². The molecule has 5 nitrogen and oxygen atoms in total. The van der Waals surface area contributed by atoms with Gasteiger partial charge in [-0.3, -0.25) is 5.11 Å². The third-order valence-corrected chi connectivity index (χ3v) is 2.67. The van der Waals surface area contributed by atoms with Crippen LogP contribution in [0.15, 0.2) is 42.5 Å². The fraction of sp³-hybridized carbons (Fsp3) is 0.0769. The monoisotopic (exact) mass is 240 g/mol. The van der Waals surface area contributed by atoms with Crippen LogP contribution in [0.25, 0.3) is 16.7 Å². The molecule has 0 N–H and O–H groups in total. The maximum absolute atomic E-state index is 11.7. The number of methoxy groups -OCH3 is 1. The zero-order chi connectivity index (χ0) is 12.5. The maximum Gasteiger partial charge on any atom is 0.206 e. The number of aromatic nitrogens is 3. The molecule has 18 heavy (non-hydrogen) atoms. The van der Waals surface area contributed by atoms with Crippen LogP contribution in [-0.2, 0) is 5.11 Å². The molecule has 1 heterocycles. The molecule has 2 aromatic carbocycles. The molecule has 0 aliphatic rings. The van der Waals surface area contributed by atoms with Crippen LogP contribution < -0.4 is 4.74 Å². The Morgan fingerprint density at radius 1 is 1.06 bits per heavy atom. The Bertz CT molecular complexity index is 706. The summed E-state index contributed by atoms with van der Waals surface area (Å²) in [6.45, 7) is 0. The Labute approximate surface area is 103 Å². The Morgan fingerprint density at radius 2 is 1.83 bits per heavy atom. The summed E-state index contributed by atoms with van der Waals surface area (Å²) in [6, 6.07) is 12.1. The lowest BCUT2D eigenvalue weighted by atomic mass is 10.3. The van der Waals surface area contributed by atoms with E-state index in [1.807, 2.05) is 12.1 Å². The Balaban J connectivity index is 2.17. The molecule has 3 aromatic rings. The summed E-state index contributed by atoms with van der Waals surface area (Å²) in [5, 5.41) is 20.2. The van der Waals surface area contributed by atoms with Gasteiger partial charge in [0.05, 0.1) is 7.11 Å². The molecule has 0 amide bonds. The van der Waals surface area contributed by atoms with Gasteiger partial charge < -0.3 is 4.74 Å². The minimum Gasteiger partial charge on any atom is -0.497 e. The Morgan fingerprint density at radius 3 is 2.61 bits per heavy atom. The molecular formula is C13H10N3O2. The smallest absolute Gasteiger partial charge is 0.206 e. The second-order valence-corrected chi connectivity index (χ2v) is 3.81. The lowest BCUT2D eigenvalue weighted by Crippen LogP contribution is -1.97. The van der Waals surface area contributed by atoms with E-state index in [9.17, 15) is 5.11 Å². The van der Waals surface area contributed by atoms with E-state index in [1.165, 1.54) is 10.9 Å². The molecule has 0 saturated heterocycles. The minimum atomic E-state index is -0.107. The molecule has 0 aliphatic heterocycles. The quantitative estimate of drug-likeness (QED) is 0.691. The summed E-state index contributed by atoms with van der Waals surface area (Å²) in [5.41, 5.74) is 1.85. The molecule has 1 radical (unpaired) electrons. The second kappa shape index (κ2) is 4.03.